The van der Waals surface area contributed by atoms with Gasteiger partial charge in [-0.3, -0.25) is 4.79 Å². The van der Waals surface area contributed by atoms with Crippen LogP contribution in [-0.4, -0.2) is 5.78 Å². The summed E-state index contributed by atoms with van der Waals surface area (Å²) in [6, 6.07) is 1.87. The van der Waals surface area contributed by atoms with Crippen molar-refractivity contribution in [3.8, 4) is 18.4 Å². The first-order valence-corrected chi connectivity index (χ1v) is 4.52. The van der Waals surface area contributed by atoms with E-state index in [1.807, 2.05) is 13.0 Å². The molecule has 0 bridgehead atoms. The number of ketones is 1. The summed E-state index contributed by atoms with van der Waals surface area (Å²) in [5, 5.41) is 8.72. The van der Waals surface area contributed by atoms with Crippen molar-refractivity contribution in [2.24, 2.45) is 5.41 Å². The van der Waals surface area contributed by atoms with Crippen molar-refractivity contribution < 1.29 is 4.79 Å². The largest absolute Gasteiger partial charge is 0.289 e. The lowest BCUT2D eigenvalue weighted by atomic mass is 9.78. The van der Waals surface area contributed by atoms with Crippen LogP contribution in [0.2, 0.25) is 0 Å². The van der Waals surface area contributed by atoms with E-state index in [-0.39, 0.29) is 11.4 Å². The molecule has 1 aliphatic carbocycles. The molecule has 1 aliphatic rings. The monoisotopic (exact) mass is 185 g/mol. The van der Waals surface area contributed by atoms with Crippen molar-refractivity contribution in [2.75, 3.05) is 0 Å². The minimum Gasteiger partial charge on any atom is -0.289 e. The molecule has 0 fully saturated rings. The molecule has 2 nitrogen and oxygen atoms in total. The summed E-state index contributed by atoms with van der Waals surface area (Å²) in [6.45, 7) is 2.02. The van der Waals surface area contributed by atoms with Crippen LogP contribution in [0.1, 0.15) is 19.8 Å². The predicted molar refractivity (Wildman–Crippen MR) is 54.0 cm³/mol. The Morgan fingerprint density at radius 3 is 2.86 bits per heavy atom. The fourth-order valence-electron chi connectivity index (χ4n) is 1.51. The third-order valence-corrected chi connectivity index (χ3v) is 2.25. The molecular formula is C12H11NO. The van der Waals surface area contributed by atoms with Gasteiger partial charge in [0.05, 0.1) is 11.0 Å². The quantitative estimate of drug-likeness (QED) is 0.617. The van der Waals surface area contributed by atoms with Gasteiger partial charge < -0.3 is 0 Å². The van der Waals surface area contributed by atoms with Crippen LogP contribution in [0.5, 0.6) is 0 Å². The maximum atomic E-state index is 11.2. The van der Waals surface area contributed by atoms with Gasteiger partial charge in [-0.05, 0) is 18.6 Å². The molecule has 1 rings (SSSR count). The van der Waals surface area contributed by atoms with Gasteiger partial charge in [-0.1, -0.05) is 25.3 Å². The average molecular weight is 185 g/mol. The van der Waals surface area contributed by atoms with Gasteiger partial charge in [0.25, 0.3) is 0 Å². The van der Waals surface area contributed by atoms with Crippen LogP contribution < -0.4 is 0 Å². The lowest BCUT2D eigenvalue weighted by molar-refractivity contribution is -0.111. The minimum atomic E-state index is -0.534. The molecule has 0 N–H and O–H groups in total. The number of carbonyl (C=O) groups is 1. The normalized spacial score (nSPS) is 25.1. The van der Waals surface area contributed by atoms with Gasteiger partial charge in [0, 0.05) is 0 Å². The SMILES string of the molecule is C#CC1(CCC)C=CC(=O)C(C#N)=C1. The van der Waals surface area contributed by atoms with E-state index >= 15 is 0 Å². The summed E-state index contributed by atoms with van der Waals surface area (Å²) in [5.74, 6) is 2.38. The highest BCUT2D eigenvalue weighted by Crippen LogP contribution is 2.31. The van der Waals surface area contributed by atoms with Crippen LogP contribution in [0.25, 0.3) is 0 Å². The molecule has 2 heteroatoms. The molecule has 0 heterocycles. The molecule has 0 saturated heterocycles. The number of hydrogen-bond acceptors (Lipinski definition) is 2. The molecule has 14 heavy (non-hydrogen) atoms. The van der Waals surface area contributed by atoms with E-state index in [2.05, 4.69) is 5.92 Å². The Hall–Kier alpha value is -1.80. The van der Waals surface area contributed by atoms with Crippen molar-refractivity contribution in [2.45, 2.75) is 19.8 Å². The second kappa shape index (κ2) is 3.94. The second-order valence-electron chi connectivity index (χ2n) is 3.30. The maximum absolute atomic E-state index is 11.2. The average Bonchev–Trinajstić information content (AvgIpc) is 2.22. The van der Waals surface area contributed by atoms with Crippen LogP contribution >= 0.6 is 0 Å². The van der Waals surface area contributed by atoms with Crippen molar-refractivity contribution in [3.63, 3.8) is 0 Å². The predicted octanol–water partition coefficient (Wildman–Crippen LogP) is 1.99. The Labute approximate surface area is 83.9 Å². The fraction of sp³-hybridized carbons (Fsp3) is 0.333. The molecule has 0 aromatic rings. The van der Waals surface area contributed by atoms with Crippen LogP contribution in [0.15, 0.2) is 23.8 Å². The third-order valence-electron chi connectivity index (χ3n) is 2.25. The van der Waals surface area contributed by atoms with E-state index in [1.165, 1.54) is 6.08 Å². The Bertz CT molecular complexity index is 390. The molecule has 0 radical (unpaired) electrons. The Kier molecular flexibility index (Phi) is 2.89. The van der Waals surface area contributed by atoms with Gasteiger partial charge in [-0.25, -0.2) is 0 Å². The zero-order valence-corrected chi connectivity index (χ0v) is 8.08. The molecule has 1 atom stereocenters. The smallest absolute Gasteiger partial charge is 0.195 e. The van der Waals surface area contributed by atoms with Crippen molar-refractivity contribution in [1.82, 2.24) is 0 Å². The zero-order valence-electron chi connectivity index (χ0n) is 8.08. The van der Waals surface area contributed by atoms with Gasteiger partial charge in [0.1, 0.15) is 6.07 Å². The summed E-state index contributed by atoms with van der Waals surface area (Å²) < 4.78 is 0. The second-order valence-corrected chi connectivity index (χ2v) is 3.30. The van der Waals surface area contributed by atoms with E-state index in [1.54, 1.807) is 12.2 Å². The number of terminal acetylenes is 1. The number of allylic oxidation sites excluding steroid dienone is 4. The Balaban J connectivity index is 3.10. The first-order chi connectivity index (χ1) is 6.67. The van der Waals surface area contributed by atoms with Gasteiger partial charge in [-0.15, -0.1) is 6.42 Å². The maximum Gasteiger partial charge on any atom is 0.195 e. The van der Waals surface area contributed by atoms with Crippen LogP contribution in [0, 0.1) is 29.1 Å². The topological polar surface area (TPSA) is 40.9 Å². The Morgan fingerprint density at radius 2 is 2.36 bits per heavy atom. The number of hydrogen-bond donors (Lipinski definition) is 0. The van der Waals surface area contributed by atoms with Gasteiger partial charge >= 0.3 is 0 Å². The van der Waals surface area contributed by atoms with E-state index in [0.717, 1.165) is 12.8 Å². The van der Waals surface area contributed by atoms with Crippen molar-refractivity contribution >= 4 is 5.78 Å². The fourth-order valence-corrected chi connectivity index (χ4v) is 1.51. The highest BCUT2D eigenvalue weighted by molar-refractivity contribution is 6.08. The van der Waals surface area contributed by atoms with E-state index in [4.69, 9.17) is 11.7 Å². The molecule has 0 aliphatic heterocycles. The highest BCUT2D eigenvalue weighted by Gasteiger charge is 2.26. The first kappa shape index (κ1) is 10.3. The molecule has 1 unspecified atom stereocenters. The van der Waals surface area contributed by atoms with Crippen molar-refractivity contribution in [3.05, 3.63) is 23.8 Å². The van der Waals surface area contributed by atoms with Gasteiger partial charge in [0.2, 0.25) is 0 Å². The summed E-state index contributed by atoms with van der Waals surface area (Å²) in [6.07, 6.45) is 11.8. The lowest BCUT2D eigenvalue weighted by Gasteiger charge is -2.22. The van der Waals surface area contributed by atoms with E-state index < -0.39 is 5.41 Å². The standard InChI is InChI=1S/C12H11NO/c1-3-6-12(4-2)7-5-11(14)10(8-12)9-13/h2,5,7-8H,3,6H2,1H3. The number of carbonyl (C=O) groups excluding carboxylic acids is 1. The highest BCUT2D eigenvalue weighted by atomic mass is 16.1. The third kappa shape index (κ3) is 1.75. The number of nitrogens with zero attached hydrogens (tertiary/aromatic N) is 1. The van der Waals surface area contributed by atoms with Crippen LogP contribution in [-0.2, 0) is 4.79 Å². The first-order valence-electron chi connectivity index (χ1n) is 4.52. The van der Waals surface area contributed by atoms with Gasteiger partial charge in [0.15, 0.2) is 5.78 Å². The van der Waals surface area contributed by atoms with Crippen LogP contribution in [0.3, 0.4) is 0 Å². The number of rotatable bonds is 2. The molecule has 0 aromatic carbocycles. The van der Waals surface area contributed by atoms with Gasteiger partial charge in [-0.2, -0.15) is 5.26 Å². The molecular weight excluding hydrogens is 174 g/mol. The summed E-state index contributed by atoms with van der Waals surface area (Å²) in [4.78, 5) is 11.2. The summed E-state index contributed by atoms with van der Waals surface area (Å²) in [7, 11) is 0. The minimum absolute atomic E-state index is 0.152. The zero-order chi connectivity index (χ0) is 10.6. The summed E-state index contributed by atoms with van der Waals surface area (Å²) in [5.41, 5.74) is -0.382. The lowest BCUT2D eigenvalue weighted by Crippen LogP contribution is -2.18. The van der Waals surface area contributed by atoms with Crippen LogP contribution in [0.4, 0.5) is 0 Å². The summed E-state index contributed by atoms with van der Waals surface area (Å²) >= 11 is 0. The molecule has 70 valence electrons. The van der Waals surface area contributed by atoms with E-state index in [0.29, 0.717) is 0 Å². The van der Waals surface area contributed by atoms with E-state index in [9.17, 15) is 4.79 Å². The molecule has 0 spiro atoms. The molecule has 0 saturated carbocycles. The Morgan fingerprint density at radius 1 is 1.64 bits per heavy atom. The number of nitriles is 1. The molecule has 0 aromatic heterocycles. The molecule has 0 amide bonds. The van der Waals surface area contributed by atoms with Crippen molar-refractivity contribution in [1.29, 1.82) is 5.26 Å².